The van der Waals surface area contributed by atoms with Crippen molar-refractivity contribution in [1.29, 1.82) is 0 Å². The fourth-order valence-electron chi connectivity index (χ4n) is 4.23. The number of hydrogen-bond donors (Lipinski definition) is 7. The molecule has 0 radical (unpaired) electrons. The number of urea groups is 2. The largest absolute Gasteiger partial charge is 0.368 e. The van der Waals surface area contributed by atoms with E-state index in [2.05, 4.69) is 42.2 Å². The SMILES string of the molecule is O=C(Nc1cccc(NC(=O)Nc2cccc(C3NCC[NH2+]3)c2)c1)Nc1cccc(C2=NCCN2)c1. The molecule has 10 heteroatoms. The Bertz CT molecular complexity index is 1290. The number of aliphatic imine (C=N–C) groups is 1. The Hall–Kier alpha value is -4.41. The number of carbonyl (C=O) groups is 2. The van der Waals surface area contributed by atoms with Crippen LogP contribution in [0.5, 0.6) is 0 Å². The van der Waals surface area contributed by atoms with Crippen LogP contribution in [-0.2, 0) is 0 Å². The van der Waals surface area contributed by atoms with Crippen LogP contribution in [0.1, 0.15) is 17.3 Å². The molecule has 2 aliphatic heterocycles. The second-order valence-electron chi connectivity index (χ2n) is 8.56. The van der Waals surface area contributed by atoms with E-state index in [1.807, 2.05) is 48.5 Å². The van der Waals surface area contributed by atoms with Gasteiger partial charge >= 0.3 is 12.1 Å². The minimum absolute atomic E-state index is 0.208. The zero-order valence-corrected chi connectivity index (χ0v) is 19.7. The second-order valence-corrected chi connectivity index (χ2v) is 8.56. The third kappa shape index (κ3) is 5.98. The lowest BCUT2D eigenvalue weighted by molar-refractivity contribution is -0.678. The average Bonchev–Trinajstić information content (AvgIpc) is 3.59. The van der Waals surface area contributed by atoms with Crippen molar-refractivity contribution in [1.82, 2.24) is 10.6 Å². The van der Waals surface area contributed by atoms with Gasteiger partial charge in [-0.25, -0.2) is 9.59 Å². The summed E-state index contributed by atoms with van der Waals surface area (Å²) < 4.78 is 0. The number of amides is 4. The highest BCUT2D eigenvalue weighted by Gasteiger charge is 2.19. The molecule has 184 valence electrons. The number of nitrogens with one attached hydrogen (secondary N) is 6. The fourth-order valence-corrected chi connectivity index (χ4v) is 4.23. The number of hydrogen-bond acceptors (Lipinski definition) is 5. The third-order valence-electron chi connectivity index (χ3n) is 5.86. The highest BCUT2D eigenvalue weighted by atomic mass is 16.2. The van der Waals surface area contributed by atoms with Gasteiger partial charge in [0, 0.05) is 40.4 Å². The third-order valence-corrected chi connectivity index (χ3v) is 5.86. The van der Waals surface area contributed by atoms with Crippen LogP contribution in [0.25, 0.3) is 0 Å². The molecule has 5 rings (SSSR count). The summed E-state index contributed by atoms with van der Waals surface area (Å²) in [6.45, 7) is 3.56. The minimum atomic E-state index is -0.385. The Balaban J connectivity index is 1.16. The summed E-state index contributed by atoms with van der Waals surface area (Å²) in [4.78, 5) is 29.5. The summed E-state index contributed by atoms with van der Waals surface area (Å²) in [5.74, 6) is 0.830. The Morgan fingerprint density at radius 3 is 2.00 bits per heavy atom. The van der Waals surface area contributed by atoms with Gasteiger partial charge in [-0.2, -0.15) is 0 Å². The van der Waals surface area contributed by atoms with Gasteiger partial charge < -0.3 is 31.9 Å². The van der Waals surface area contributed by atoms with E-state index in [9.17, 15) is 9.59 Å². The Morgan fingerprint density at radius 2 is 1.39 bits per heavy atom. The number of carbonyl (C=O) groups excluding carboxylic acids is 2. The van der Waals surface area contributed by atoms with Crippen LogP contribution in [0.2, 0.25) is 0 Å². The molecule has 0 spiro atoms. The molecule has 3 aromatic rings. The molecule has 2 heterocycles. The molecule has 1 unspecified atom stereocenters. The van der Waals surface area contributed by atoms with Crippen molar-refractivity contribution in [2.24, 2.45) is 4.99 Å². The van der Waals surface area contributed by atoms with Gasteiger partial charge in [-0.15, -0.1) is 0 Å². The molecule has 1 saturated heterocycles. The fraction of sp³-hybridized carbons (Fsp3) is 0.192. The molecule has 10 nitrogen and oxygen atoms in total. The maximum atomic E-state index is 12.6. The molecule has 1 atom stereocenters. The Labute approximate surface area is 209 Å². The van der Waals surface area contributed by atoms with Crippen LogP contribution >= 0.6 is 0 Å². The van der Waals surface area contributed by atoms with Gasteiger partial charge in [0.1, 0.15) is 5.84 Å². The number of amidine groups is 1. The molecule has 3 aromatic carbocycles. The first-order valence-electron chi connectivity index (χ1n) is 11.9. The predicted molar refractivity (Wildman–Crippen MR) is 142 cm³/mol. The van der Waals surface area contributed by atoms with Crippen molar-refractivity contribution in [2.45, 2.75) is 6.17 Å². The zero-order chi connectivity index (χ0) is 24.7. The van der Waals surface area contributed by atoms with Crippen LogP contribution in [0, 0.1) is 0 Å². The first kappa shape index (κ1) is 23.3. The number of benzene rings is 3. The number of rotatable bonds is 6. The molecule has 4 amide bonds. The van der Waals surface area contributed by atoms with Crippen molar-refractivity contribution in [3.05, 3.63) is 83.9 Å². The lowest BCUT2D eigenvalue weighted by Gasteiger charge is -2.12. The summed E-state index contributed by atoms with van der Waals surface area (Å²) in [6, 6.07) is 21.5. The van der Waals surface area contributed by atoms with Crippen molar-refractivity contribution in [2.75, 3.05) is 47.4 Å². The van der Waals surface area contributed by atoms with E-state index >= 15 is 0 Å². The smallest absolute Gasteiger partial charge is 0.323 e. The molecule has 2 aliphatic rings. The molecule has 1 fully saturated rings. The molecule has 0 aliphatic carbocycles. The topological polar surface area (TPSA) is 135 Å². The minimum Gasteiger partial charge on any atom is -0.368 e. The molecule has 0 bridgehead atoms. The van der Waals surface area contributed by atoms with Crippen LogP contribution < -0.4 is 37.2 Å². The molecule has 36 heavy (non-hydrogen) atoms. The summed E-state index contributed by atoms with van der Waals surface area (Å²) in [7, 11) is 0. The summed E-state index contributed by atoms with van der Waals surface area (Å²) in [5.41, 5.74) is 4.50. The standard InChI is InChI=1S/C26H28N8O2/c35-25(31-19-6-1-4-17(14-19)23-27-10-11-28-23)33-21-8-3-9-22(16-21)34-26(36)32-20-7-2-5-18(15-20)24-29-12-13-30-24/h1-9,14-16,23,27-28H,10-13H2,(H,29,30)(H2,31,33,35)(H2,32,34,36)/p+1. The molecule has 0 saturated carbocycles. The monoisotopic (exact) mass is 485 g/mol. The van der Waals surface area contributed by atoms with E-state index in [0.717, 1.165) is 43.1 Å². The van der Waals surface area contributed by atoms with Gasteiger partial charge in [-0.3, -0.25) is 10.3 Å². The lowest BCUT2D eigenvalue weighted by atomic mass is 10.1. The highest BCUT2D eigenvalue weighted by molar-refractivity contribution is 6.04. The number of quaternary nitrogens is 1. The maximum Gasteiger partial charge on any atom is 0.323 e. The summed E-state index contributed by atoms with van der Waals surface area (Å²) >= 11 is 0. The number of anilines is 4. The van der Waals surface area contributed by atoms with Crippen LogP contribution in [0.3, 0.4) is 0 Å². The van der Waals surface area contributed by atoms with Crippen LogP contribution in [0.15, 0.2) is 77.8 Å². The number of nitrogens with two attached hydrogens (primary N) is 1. The first-order chi connectivity index (χ1) is 17.6. The van der Waals surface area contributed by atoms with E-state index in [-0.39, 0.29) is 18.2 Å². The number of nitrogens with zero attached hydrogens (tertiary/aromatic N) is 1. The second kappa shape index (κ2) is 10.9. The molecule has 8 N–H and O–H groups in total. The van der Waals surface area contributed by atoms with E-state index < -0.39 is 0 Å². The van der Waals surface area contributed by atoms with Gasteiger partial charge in [-0.05, 0) is 42.5 Å². The predicted octanol–water partition coefficient (Wildman–Crippen LogP) is 2.49. The van der Waals surface area contributed by atoms with Crippen molar-refractivity contribution >= 4 is 40.6 Å². The van der Waals surface area contributed by atoms with Crippen LogP contribution in [0.4, 0.5) is 32.3 Å². The van der Waals surface area contributed by atoms with E-state index in [0.29, 0.717) is 22.7 Å². The van der Waals surface area contributed by atoms with Gasteiger partial charge in [0.05, 0.1) is 19.6 Å². The van der Waals surface area contributed by atoms with E-state index in [1.165, 1.54) is 0 Å². The Kier molecular flexibility index (Phi) is 7.06. The van der Waals surface area contributed by atoms with Gasteiger partial charge in [0.25, 0.3) is 0 Å². The van der Waals surface area contributed by atoms with Gasteiger partial charge in [-0.1, -0.05) is 30.3 Å². The van der Waals surface area contributed by atoms with Gasteiger partial charge in [0.15, 0.2) is 6.17 Å². The lowest BCUT2D eigenvalue weighted by Crippen LogP contribution is -2.83. The van der Waals surface area contributed by atoms with E-state index in [1.54, 1.807) is 24.3 Å². The highest BCUT2D eigenvalue weighted by Crippen LogP contribution is 2.19. The average molecular weight is 486 g/mol. The molecule has 0 aromatic heterocycles. The first-order valence-corrected chi connectivity index (χ1v) is 11.9. The summed E-state index contributed by atoms with van der Waals surface area (Å²) in [6.07, 6.45) is 0.208. The molecular weight excluding hydrogens is 456 g/mol. The van der Waals surface area contributed by atoms with Gasteiger partial charge in [0.2, 0.25) is 0 Å². The van der Waals surface area contributed by atoms with Crippen molar-refractivity contribution in [3.63, 3.8) is 0 Å². The van der Waals surface area contributed by atoms with E-state index in [4.69, 9.17) is 0 Å². The Morgan fingerprint density at radius 1 is 0.778 bits per heavy atom. The maximum absolute atomic E-state index is 12.6. The molecular formula is C26H29N8O2+. The van der Waals surface area contributed by atoms with Crippen LogP contribution in [-0.4, -0.2) is 44.1 Å². The summed E-state index contributed by atoms with van der Waals surface area (Å²) in [5, 5.41) is 20.2. The normalized spacial score (nSPS) is 16.6. The van der Waals surface area contributed by atoms with Crippen molar-refractivity contribution in [3.8, 4) is 0 Å². The quantitative estimate of drug-likeness (QED) is 0.289. The zero-order valence-electron chi connectivity index (χ0n) is 19.7. The van der Waals surface area contributed by atoms with Crippen molar-refractivity contribution < 1.29 is 14.9 Å².